The van der Waals surface area contributed by atoms with Crippen molar-refractivity contribution in [3.8, 4) is 11.5 Å². The van der Waals surface area contributed by atoms with Gasteiger partial charge < -0.3 is 9.73 Å². The van der Waals surface area contributed by atoms with E-state index < -0.39 is 0 Å². The molecular formula is C19H14BrN3O3S. The van der Waals surface area contributed by atoms with Gasteiger partial charge in [-0.1, -0.05) is 23.9 Å². The molecule has 4 rings (SSSR count). The lowest BCUT2D eigenvalue weighted by Crippen LogP contribution is -2.08. The molecule has 1 N–H and O–H groups in total. The molecule has 1 amide bonds. The summed E-state index contributed by atoms with van der Waals surface area (Å²) in [6, 6.07) is 12.8. The van der Waals surface area contributed by atoms with E-state index in [-0.39, 0.29) is 23.4 Å². The second kappa shape index (κ2) is 7.28. The molecule has 0 radical (unpaired) electrons. The van der Waals surface area contributed by atoms with Crippen molar-refractivity contribution in [2.45, 2.75) is 18.1 Å². The smallest absolute Gasteiger partial charge is 0.277 e. The molecule has 0 aliphatic carbocycles. The van der Waals surface area contributed by atoms with Crippen LogP contribution >= 0.6 is 27.7 Å². The van der Waals surface area contributed by atoms with Gasteiger partial charge in [0.2, 0.25) is 11.8 Å². The van der Waals surface area contributed by atoms with E-state index in [1.165, 1.54) is 11.8 Å². The van der Waals surface area contributed by atoms with E-state index in [1.54, 1.807) is 18.2 Å². The summed E-state index contributed by atoms with van der Waals surface area (Å²) in [5.74, 6) is 0.215. The molecule has 1 aliphatic heterocycles. The summed E-state index contributed by atoms with van der Waals surface area (Å²) in [4.78, 5) is 24.2. The first-order valence-electron chi connectivity index (χ1n) is 8.22. The Morgan fingerprint density at radius 3 is 2.89 bits per heavy atom. The molecule has 0 saturated heterocycles. The molecule has 2 aromatic carbocycles. The van der Waals surface area contributed by atoms with Crippen LogP contribution in [0.25, 0.3) is 11.5 Å². The number of nitrogens with zero attached hydrogens (tertiary/aromatic N) is 2. The first kappa shape index (κ1) is 17.9. The summed E-state index contributed by atoms with van der Waals surface area (Å²) >= 11 is 4.64. The van der Waals surface area contributed by atoms with Gasteiger partial charge in [-0.25, -0.2) is 0 Å². The van der Waals surface area contributed by atoms with Crippen molar-refractivity contribution >= 4 is 45.1 Å². The number of Topliss-reactive ketones (excluding diaryl/α,β-unsaturated/α-hetero) is 1. The van der Waals surface area contributed by atoms with Crippen molar-refractivity contribution in [3.05, 3.63) is 58.1 Å². The second-order valence-corrected chi connectivity index (χ2v) is 7.86. The molecular weight excluding hydrogens is 430 g/mol. The summed E-state index contributed by atoms with van der Waals surface area (Å²) in [6.45, 7) is 1.83. The van der Waals surface area contributed by atoms with Crippen LogP contribution in [0.2, 0.25) is 0 Å². The van der Waals surface area contributed by atoms with Gasteiger partial charge >= 0.3 is 0 Å². The molecule has 1 unspecified atom stereocenters. The molecule has 2 heterocycles. The standard InChI is InChI=1S/C19H14BrN3O3S/c1-10-13-8-11(6-7-15(13)21-17(10)25)16(24)9-27-19-23-22-18(26-19)12-4-2-3-5-14(12)20/h2-8,10H,9H2,1H3,(H,21,25). The molecule has 0 spiro atoms. The Balaban J connectivity index is 1.45. The summed E-state index contributed by atoms with van der Waals surface area (Å²) in [7, 11) is 0. The number of thioether (sulfide) groups is 1. The molecule has 6 nitrogen and oxygen atoms in total. The highest BCUT2D eigenvalue weighted by molar-refractivity contribution is 9.10. The number of hydrogen-bond acceptors (Lipinski definition) is 6. The van der Waals surface area contributed by atoms with E-state index in [2.05, 4.69) is 31.4 Å². The highest BCUT2D eigenvalue weighted by atomic mass is 79.9. The molecule has 0 saturated carbocycles. The number of carbonyl (C=O) groups is 2. The maximum Gasteiger partial charge on any atom is 0.277 e. The lowest BCUT2D eigenvalue weighted by molar-refractivity contribution is -0.116. The highest BCUT2D eigenvalue weighted by Crippen LogP contribution is 2.33. The highest BCUT2D eigenvalue weighted by Gasteiger charge is 2.27. The Bertz CT molecular complexity index is 1050. The zero-order valence-electron chi connectivity index (χ0n) is 14.2. The van der Waals surface area contributed by atoms with E-state index in [9.17, 15) is 9.59 Å². The summed E-state index contributed by atoms with van der Waals surface area (Å²) in [5, 5.41) is 11.2. The number of aromatic nitrogens is 2. The topological polar surface area (TPSA) is 85.1 Å². The Kier molecular flexibility index (Phi) is 4.84. The third-order valence-corrected chi connectivity index (χ3v) is 5.84. The number of benzene rings is 2. The zero-order valence-corrected chi connectivity index (χ0v) is 16.6. The maximum atomic E-state index is 12.5. The maximum absolute atomic E-state index is 12.5. The monoisotopic (exact) mass is 443 g/mol. The molecule has 27 heavy (non-hydrogen) atoms. The Labute approximate surface area is 167 Å². The minimum Gasteiger partial charge on any atom is -0.411 e. The number of amides is 1. The molecule has 0 fully saturated rings. The number of fused-ring (bicyclic) bond motifs is 1. The third kappa shape index (κ3) is 3.54. The van der Waals surface area contributed by atoms with Crippen LogP contribution in [0.5, 0.6) is 0 Å². The van der Waals surface area contributed by atoms with Gasteiger partial charge in [0, 0.05) is 15.7 Å². The van der Waals surface area contributed by atoms with E-state index >= 15 is 0 Å². The number of anilines is 1. The van der Waals surface area contributed by atoms with Crippen LogP contribution in [0.15, 0.2) is 56.6 Å². The SMILES string of the molecule is CC1C(=O)Nc2ccc(C(=O)CSc3nnc(-c4ccccc4Br)o3)cc21. The van der Waals surface area contributed by atoms with Gasteiger partial charge in [-0.15, -0.1) is 10.2 Å². The fourth-order valence-corrected chi connectivity index (χ4v) is 3.92. The predicted octanol–water partition coefficient (Wildman–Crippen LogP) is 4.53. The molecule has 1 aromatic heterocycles. The van der Waals surface area contributed by atoms with Crippen molar-refractivity contribution in [1.82, 2.24) is 10.2 Å². The van der Waals surface area contributed by atoms with Crippen molar-refractivity contribution in [2.24, 2.45) is 0 Å². The van der Waals surface area contributed by atoms with Gasteiger partial charge in [-0.3, -0.25) is 9.59 Å². The van der Waals surface area contributed by atoms with E-state index in [4.69, 9.17) is 4.42 Å². The largest absolute Gasteiger partial charge is 0.411 e. The predicted molar refractivity (Wildman–Crippen MR) is 106 cm³/mol. The van der Waals surface area contributed by atoms with Crippen LogP contribution in [0.3, 0.4) is 0 Å². The molecule has 0 bridgehead atoms. The number of hydrogen-bond donors (Lipinski definition) is 1. The zero-order chi connectivity index (χ0) is 19.0. The quantitative estimate of drug-likeness (QED) is 0.460. The van der Waals surface area contributed by atoms with E-state index in [0.29, 0.717) is 16.7 Å². The van der Waals surface area contributed by atoms with E-state index in [0.717, 1.165) is 21.3 Å². The Morgan fingerprint density at radius 2 is 2.07 bits per heavy atom. The molecule has 1 aliphatic rings. The molecule has 1 atom stereocenters. The minimum atomic E-state index is -0.247. The van der Waals surface area contributed by atoms with Crippen LogP contribution in [0, 0.1) is 0 Å². The number of rotatable bonds is 5. The van der Waals surface area contributed by atoms with Crippen LogP contribution in [-0.2, 0) is 4.79 Å². The van der Waals surface area contributed by atoms with Crippen LogP contribution < -0.4 is 5.32 Å². The summed E-state index contributed by atoms with van der Waals surface area (Å²) < 4.78 is 6.50. The summed E-state index contributed by atoms with van der Waals surface area (Å²) in [5.41, 5.74) is 2.99. The minimum absolute atomic E-state index is 0.0468. The average molecular weight is 444 g/mol. The molecule has 8 heteroatoms. The van der Waals surface area contributed by atoms with Crippen molar-refractivity contribution < 1.29 is 14.0 Å². The van der Waals surface area contributed by atoms with Crippen LogP contribution in [-0.4, -0.2) is 27.6 Å². The van der Waals surface area contributed by atoms with Crippen molar-refractivity contribution in [3.63, 3.8) is 0 Å². The average Bonchev–Trinajstić information content (AvgIpc) is 3.25. The van der Waals surface area contributed by atoms with Gasteiger partial charge in [0.15, 0.2) is 5.78 Å². The number of carbonyl (C=O) groups excluding carboxylic acids is 2. The second-order valence-electron chi connectivity index (χ2n) is 6.08. The molecule has 3 aromatic rings. The molecule has 136 valence electrons. The van der Waals surface area contributed by atoms with Gasteiger partial charge in [0.25, 0.3) is 5.22 Å². The number of halogens is 1. The van der Waals surface area contributed by atoms with Gasteiger partial charge in [-0.2, -0.15) is 0 Å². The van der Waals surface area contributed by atoms with Crippen LogP contribution in [0.4, 0.5) is 5.69 Å². The number of nitrogens with one attached hydrogen (secondary N) is 1. The first-order valence-corrected chi connectivity index (χ1v) is 10.00. The Morgan fingerprint density at radius 1 is 1.26 bits per heavy atom. The fourth-order valence-electron chi connectivity index (χ4n) is 2.81. The lowest BCUT2D eigenvalue weighted by Gasteiger charge is -2.04. The third-order valence-electron chi connectivity index (χ3n) is 4.33. The fraction of sp³-hybridized carbons (Fsp3) is 0.158. The van der Waals surface area contributed by atoms with E-state index in [1.807, 2.05) is 31.2 Å². The normalized spacial score (nSPS) is 15.5. The Hall–Kier alpha value is -2.45. The van der Waals surface area contributed by atoms with Crippen molar-refractivity contribution in [2.75, 3.05) is 11.1 Å². The van der Waals surface area contributed by atoms with Gasteiger partial charge in [-0.05, 0) is 58.7 Å². The van der Waals surface area contributed by atoms with Gasteiger partial charge in [0.05, 0.1) is 17.2 Å². The lowest BCUT2D eigenvalue weighted by atomic mass is 9.99. The van der Waals surface area contributed by atoms with Crippen LogP contribution in [0.1, 0.15) is 28.8 Å². The first-order chi connectivity index (χ1) is 13.0. The summed E-state index contributed by atoms with van der Waals surface area (Å²) in [6.07, 6.45) is 0. The van der Waals surface area contributed by atoms with Gasteiger partial charge in [0.1, 0.15) is 0 Å². The van der Waals surface area contributed by atoms with Crippen molar-refractivity contribution in [1.29, 1.82) is 0 Å². The number of ketones is 1.